The standard InChI is InChI=1S/C7H16FO2PS/c1-5(2)10-11-7(3,4)9-6(8)12/h5-6,11-12H,1-4H3/t6-/m0/s1. The highest BCUT2D eigenvalue weighted by molar-refractivity contribution is 7.80. The Kier molecular flexibility index (Phi) is 5.66. The Labute approximate surface area is 80.5 Å². The molecule has 0 spiro atoms. The molecule has 5 heteroatoms. The van der Waals surface area contributed by atoms with E-state index in [1.54, 1.807) is 13.8 Å². The summed E-state index contributed by atoms with van der Waals surface area (Å²) in [7, 11) is 0.121. The van der Waals surface area contributed by atoms with Crippen LogP contribution in [0.1, 0.15) is 27.7 Å². The van der Waals surface area contributed by atoms with Crippen molar-refractivity contribution in [1.29, 1.82) is 0 Å². The minimum absolute atomic E-state index is 0.121. The Hall–Kier alpha value is 0.630. The van der Waals surface area contributed by atoms with Crippen LogP contribution in [0.2, 0.25) is 0 Å². The lowest BCUT2D eigenvalue weighted by molar-refractivity contribution is -0.0372. The number of hydrogen-bond acceptors (Lipinski definition) is 3. The van der Waals surface area contributed by atoms with Crippen molar-refractivity contribution in [2.45, 2.75) is 44.8 Å². The third kappa shape index (κ3) is 7.29. The summed E-state index contributed by atoms with van der Waals surface area (Å²) in [6.07, 6.45) is 0.143. The molecule has 0 aromatic heterocycles. The molecule has 0 aliphatic carbocycles. The highest BCUT2D eigenvalue weighted by Crippen LogP contribution is 2.35. The maximum atomic E-state index is 12.3. The van der Waals surface area contributed by atoms with Gasteiger partial charge in [0.15, 0.2) is 0 Å². The van der Waals surface area contributed by atoms with E-state index in [4.69, 9.17) is 9.26 Å². The first-order chi connectivity index (χ1) is 5.33. The largest absolute Gasteiger partial charge is 0.357 e. The summed E-state index contributed by atoms with van der Waals surface area (Å²) in [6, 6.07) is 0. The van der Waals surface area contributed by atoms with Crippen LogP contribution < -0.4 is 0 Å². The van der Waals surface area contributed by atoms with E-state index in [9.17, 15) is 4.39 Å². The molecule has 2 nitrogen and oxygen atoms in total. The van der Waals surface area contributed by atoms with Gasteiger partial charge in [-0.05, 0) is 27.7 Å². The molecule has 0 rings (SSSR count). The molecule has 0 amide bonds. The molecule has 1 unspecified atom stereocenters. The molecular weight excluding hydrogens is 198 g/mol. The highest BCUT2D eigenvalue weighted by atomic mass is 32.1. The van der Waals surface area contributed by atoms with Gasteiger partial charge in [0.1, 0.15) is 5.34 Å². The van der Waals surface area contributed by atoms with Crippen LogP contribution in [0.4, 0.5) is 4.39 Å². The van der Waals surface area contributed by atoms with Gasteiger partial charge in [0.25, 0.3) is 0 Å². The lowest BCUT2D eigenvalue weighted by atomic mass is 10.5. The van der Waals surface area contributed by atoms with Gasteiger partial charge >= 0.3 is 0 Å². The lowest BCUT2D eigenvalue weighted by Gasteiger charge is -2.25. The second-order valence-corrected chi connectivity index (χ2v) is 5.24. The molecular formula is C7H16FO2PS. The maximum Gasteiger partial charge on any atom is 0.245 e. The molecule has 0 N–H and O–H groups in total. The van der Waals surface area contributed by atoms with Crippen molar-refractivity contribution < 1.29 is 13.7 Å². The zero-order chi connectivity index (χ0) is 9.78. The molecule has 0 saturated carbocycles. The minimum Gasteiger partial charge on any atom is -0.357 e. The smallest absolute Gasteiger partial charge is 0.245 e. The van der Waals surface area contributed by atoms with E-state index in [0.717, 1.165) is 0 Å². The van der Waals surface area contributed by atoms with E-state index in [1.165, 1.54) is 0 Å². The van der Waals surface area contributed by atoms with Gasteiger partial charge in [-0.2, -0.15) is 0 Å². The van der Waals surface area contributed by atoms with Crippen LogP contribution in [0.3, 0.4) is 0 Å². The van der Waals surface area contributed by atoms with E-state index >= 15 is 0 Å². The highest BCUT2D eigenvalue weighted by Gasteiger charge is 2.22. The first-order valence-electron chi connectivity index (χ1n) is 3.76. The first kappa shape index (κ1) is 12.6. The van der Waals surface area contributed by atoms with Crippen LogP contribution in [0, 0.1) is 0 Å². The van der Waals surface area contributed by atoms with Gasteiger partial charge in [-0.15, -0.1) is 12.6 Å². The number of alkyl halides is 1. The Morgan fingerprint density at radius 1 is 1.42 bits per heavy atom. The van der Waals surface area contributed by atoms with Crippen LogP contribution in [0.25, 0.3) is 0 Å². The topological polar surface area (TPSA) is 18.5 Å². The zero-order valence-electron chi connectivity index (χ0n) is 7.80. The van der Waals surface area contributed by atoms with Crippen LogP contribution in [0.15, 0.2) is 0 Å². The number of halogens is 1. The normalized spacial score (nSPS) is 16.2. The van der Waals surface area contributed by atoms with Crippen molar-refractivity contribution in [2.24, 2.45) is 0 Å². The van der Waals surface area contributed by atoms with E-state index in [-0.39, 0.29) is 14.9 Å². The summed E-state index contributed by atoms with van der Waals surface area (Å²) in [6.45, 7) is 7.40. The summed E-state index contributed by atoms with van der Waals surface area (Å²) in [5, 5.41) is -0.592. The number of hydrogen-bond donors (Lipinski definition) is 1. The molecule has 0 saturated heterocycles. The lowest BCUT2D eigenvalue weighted by Crippen LogP contribution is -2.22. The Morgan fingerprint density at radius 3 is 2.25 bits per heavy atom. The quantitative estimate of drug-likeness (QED) is 0.431. The van der Waals surface area contributed by atoms with Gasteiger partial charge in [0.05, 0.1) is 6.10 Å². The molecule has 0 heterocycles. The molecule has 0 aromatic carbocycles. The fourth-order valence-electron chi connectivity index (χ4n) is 0.527. The molecule has 0 fully saturated rings. The van der Waals surface area contributed by atoms with Gasteiger partial charge in [-0.25, -0.2) is 4.39 Å². The van der Waals surface area contributed by atoms with Gasteiger partial charge in [0, 0.05) is 8.81 Å². The third-order valence-electron chi connectivity index (χ3n) is 0.932. The van der Waals surface area contributed by atoms with Crippen molar-refractivity contribution in [2.75, 3.05) is 0 Å². The van der Waals surface area contributed by atoms with Crippen LogP contribution >= 0.6 is 21.4 Å². The second-order valence-electron chi connectivity index (χ2n) is 3.19. The van der Waals surface area contributed by atoms with Gasteiger partial charge in [-0.1, -0.05) is 0 Å². The van der Waals surface area contributed by atoms with Crippen LogP contribution in [-0.4, -0.2) is 17.1 Å². The summed E-state index contributed by atoms with van der Waals surface area (Å²) in [5.41, 5.74) is -1.54. The van der Waals surface area contributed by atoms with Crippen molar-refractivity contribution >= 4 is 21.4 Å². The maximum absolute atomic E-state index is 12.3. The number of ether oxygens (including phenoxy) is 1. The summed E-state index contributed by atoms with van der Waals surface area (Å²) in [4.78, 5) is 0. The minimum atomic E-state index is -1.54. The monoisotopic (exact) mass is 214 g/mol. The Morgan fingerprint density at radius 2 is 1.92 bits per heavy atom. The predicted molar refractivity (Wildman–Crippen MR) is 53.6 cm³/mol. The molecule has 12 heavy (non-hydrogen) atoms. The van der Waals surface area contributed by atoms with Crippen molar-refractivity contribution in [1.82, 2.24) is 0 Å². The van der Waals surface area contributed by atoms with E-state index in [2.05, 4.69) is 12.6 Å². The third-order valence-corrected chi connectivity index (χ3v) is 2.24. The van der Waals surface area contributed by atoms with E-state index < -0.39 is 11.0 Å². The molecule has 0 radical (unpaired) electrons. The Bertz CT molecular complexity index is 131. The molecule has 0 aromatic rings. The van der Waals surface area contributed by atoms with Crippen molar-refractivity contribution in [3.8, 4) is 0 Å². The molecule has 0 aliphatic heterocycles. The van der Waals surface area contributed by atoms with E-state index in [0.29, 0.717) is 0 Å². The number of rotatable bonds is 5. The number of thiol groups is 1. The van der Waals surface area contributed by atoms with Crippen molar-refractivity contribution in [3.63, 3.8) is 0 Å². The molecule has 2 atom stereocenters. The van der Waals surface area contributed by atoms with Gasteiger partial charge < -0.3 is 9.26 Å². The summed E-state index contributed by atoms with van der Waals surface area (Å²) >= 11 is 3.50. The summed E-state index contributed by atoms with van der Waals surface area (Å²) in [5.74, 6) is 0. The SMILES string of the molecule is CC(C)OPC(C)(C)O[C@H](F)S. The zero-order valence-corrected chi connectivity index (χ0v) is 9.69. The Balaban J connectivity index is 3.71. The average molecular weight is 214 g/mol. The first-order valence-corrected chi connectivity index (χ1v) is 5.19. The fourth-order valence-corrected chi connectivity index (χ4v) is 1.56. The molecule has 0 bridgehead atoms. The predicted octanol–water partition coefficient (Wildman–Crippen LogP) is 2.94. The molecule has 0 aliphatic rings. The van der Waals surface area contributed by atoms with Gasteiger partial charge in [-0.3, -0.25) is 0 Å². The molecule has 74 valence electrons. The van der Waals surface area contributed by atoms with Crippen LogP contribution in [0.5, 0.6) is 0 Å². The fraction of sp³-hybridized carbons (Fsp3) is 1.00. The average Bonchev–Trinajstić information content (AvgIpc) is 1.81. The van der Waals surface area contributed by atoms with Crippen LogP contribution in [-0.2, 0) is 9.26 Å². The van der Waals surface area contributed by atoms with E-state index in [1.807, 2.05) is 13.8 Å². The van der Waals surface area contributed by atoms with Gasteiger partial charge in [0.2, 0.25) is 5.69 Å². The van der Waals surface area contributed by atoms with Crippen molar-refractivity contribution in [3.05, 3.63) is 0 Å². The summed E-state index contributed by atoms with van der Waals surface area (Å²) < 4.78 is 22.5. The second kappa shape index (κ2) is 5.38.